The van der Waals surface area contributed by atoms with Crippen molar-refractivity contribution in [2.24, 2.45) is 0 Å². The molecular formula is C20H19N5O3. The van der Waals surface area contributed by atoms with E-state index in [1.165, 1.54) is 7.11 Å². The lowest BCUT2D eigenvalue weighted by molar-refractivity contribution is 0.101. The molecule has 2 amide bonds. The third-order valence-electron chi connectivity index (χ3n) is 3.81. The van der Waals surface area contributed by atoms with Gasteiger partial charge in [-0.1, -0.05) is 23.8 Å². The number of rotatable bonds is 5. The second-order valence-corrected chi connectivity index (χ2v) is 6.04. The van der Waals surface area contributed by atoms with E-state index in [0.717, 1.165) is 5.56 Å². The van der Waals surface area contributed by atoms with E-state index in [1.54, 1.807) is 49.4 Å². The minimum Gasteiger partial charge on any atom is -0.497 e. The van der Waals surface area contributed by atoms with Crippen molar-refractivity contribution in [3.63, 3.8) is 0 Å². The Morgan fingerprint density at radius 2 is 1.39 bits per heavy atom. The summed E-state index contributed by atoms with van der Waals surface area (Å²) in [6, 6.07) is 13.8. The van der Waals surface area contributed by atoms with E-state index in [0.29, 0.717) is 22.7 Å². The number of anilines is 2. The molecule has 1 heterocycles. The molecule has 8 nitrogen and oxygen atoms in total. The first kappa shape index (κ1) is 19.0. The van der Waals surface area contributed by atoms with E-state index < -0.39 is 5.91 Å². The summed E-state index contributed by atoms with van der Waals surface area (Å²) in [5.41, 5.74) is 1.84. The molecule has 0 aliphatic carbocycles. The van der Waals surface area contributed by atoms with Gasteiger partial charge in [0.05, 0.1) is 7.11 Å². The van der Waals surface area contributed by atoms with Gasteiger partial charge in [0, 0.05) is 11.1 Å². The van der Waals surface area contributed by atoms with Crippen molar-refractivity contribution in [2.75, 3.05) is 17.7 Å². The van der Waals surface area contributed by atoms with E-state index in [4.69, 9.17) is 4.74 Å². The summed E-state index contributed by atoms with van der Waals surface area (Å²) < 4.78 is 5.12. The molecule has 28 heavy (non-hydrogen) atoms. The Kier molecular flexibility index (Phi) is 5.59. The third kappa shape index (κ3) is 4.67. The average molecular weight is 377 g/mol. The molecule has 2 aromatic carbocycles. The van der Waals surface area contributed by atoms with Crippen LogP contribution < -0.4 is 15.4 Å². The molecule has 142 valence electrons. The third-order valence-corrected chi connectivity index (χ3v) is 3.81. The molecule has 2 N–H and O–H groups in total. The topological polar surface area (TPSA) is 106 Å². The highest BCUT2D eigenvalue weighted by atomic mass is 16.5. The lowest BCUT2D eigenvalue weighted by Crippen LogP contribution is -2.19. The lowest BCUT2D eigenvalue weighted by atomic mass is 10.1. The zero-order valence-electron chi connectivity index (χ0n) is 15.7. The Hall–Kier alpha value is -3.81. The Morgan fingerprint density at radius 3 is 1.96 bits per heavy atom. The summed E-state index contributed by atoms with van der Waals surface area (Å²) in [5.74, 6) is 0.265. The van der Waals surface area contributed by atoms with Crippen LogP contribution in [0.4, 0.5) is 11.9 Å². The molecular weight excluding hydrogens is 358 g/mol. The van der Waals surface area contributed by atoms with Gasteiger partial charge in [-0.15, -0.1) is 0 Å². The zero-order chi connectivity index (χ0) is 20.1. The van der Waals surface area contributed by atoms with Crippen LogP contribution in [0.1, 0.15) is 32.1 Å². The van der Waals surface area contributed by atoms with Gasteiger partial charge < -0.3 is 4.74 Å². The normalized spacial score (nSPS) is 10.2. The number of hydrogen-bond donors (Lipinski definition) is 2. The molecule has 3 aromatic rings. The van der Waals surface area contributed by atoms with Crippen molar-refractivity contribution in [2.45, 2.75) is 13.8 Å². The van der Waals surface area contributed by atoms with Gasteiger partial charge in [-0.25, -0.2) is 0 Å². The predicted molar refractivity (Wildman–Crippen MR) is 105 cm³/mol. The molecule has 0 saturated carbocycles. The van der Waals surface area contributed by atoms with Crippen LogP contribution in [0, 0.1) is 13.8 Å². The highest BCUT2D eigenvalue weighted by Gasteiger charge is 2.13. The van der Waals surface area contributed by atoms with Crippen LogP contribution in [0.5, 0.6) is 5.75 Å². The molecule has 0 aliphatic heterocycles. The summed E-state index contributed by atoms with van der Waals surface area (Å²) in [6.45, 7) is 3.54. The average Bonchev–Trinajstić information content (AvgIpc) is 2.67. The van der Waals surface area contributed by atoms with Crippen LogP contribution in [0.15, 0.2) is 48.5 Å². The van der Waals surface area contributed by atoms with Crippen molar-refractivity contribution in [3.8, 4) is 5.75 Å². The maximum atomic E-state index is 12.4. The molecule has 1 aromatic heterocycles. The van der Waals surface area contributed by atoms with Crippen LogP contribution in [0.3, 0.4) is 0 Å². The molecule has 0 aliphatic rings. The molecule has 0 radical (unpaired) electrons. The number of aryl methyl sites for hydroxylation is 2. The molecule has 0 fully saturated rings. The minimum absolute atomic E-state index is 0.0415. The maximum absolute atomic E-state index is 12.4. The van der Waals surface area contributed by atoms with Crippen molar-refractivity contribution in [1.82, 2.24) is 15.0 Å². The first-order valence-electron chi connectivity index (χ1n) is 8.50. The Bertz CT molecular complexity index is 1040. The highest BCUT2D eigenvalue weighted by molar-refractivity contribution is 6.04. The quantitative estimate of drug-likeness (QED) is 0.708. The van der Waals surface area contributed by atoms with Crippen LogP contribution in [0.25, 0.3) is 0 Å². The smallest absolute Gasteiger partial charge is 0.258 e. The van der Waals surface area contributed by atoms with Crippen LogP contribution in [-0.2, 0) is 0 Å². The van der Waals surface area contributed by atoms with Crippen molar-refractivity contribution in [3.05, 3.63) is 71.0 Å². The summed E-state index contributed by atoms with van der Waals surface area (Å²) in [5, 5.41) is 5.23. The molecule has 0 atom stereocenters. The van der Waals surface area contributed by atoms with Gasteiger partial charge in [0.15, 0.2) is 0 Å². The summed E-state index contributed by atoms with van der Waals surface area (Å²) in [7, 11) is 1.52. The van der Waals surface area contributed by atoms with Crippen LogP contribution in [0.2, 0.25) is 0 Å². The minimum atomic E-state index is -0.402. The van der Waals surface area contributed by atoms with E-state index >= 15 is 0 Å². The number of aromatic nitrogens is 3. The largest absolute Gasteiger partial charge is 0.497 e. The Balaban J connectivity index is 1.77. The molecule has 0 unspecified atom stereocenters. The van der Waals surface area contributed by atoms with E-state index in [2.05, 4.69) is 25.6 Å². The number of carbonyl (C=O) groups is 2. The molecule has 8 heteroatoms. The lowest BCUT2D eigenvalue weighted by Gasteiger charge is -2.09. The van der Waals surface area contributed by atoms with Gasteiger partial charge in [-0.3, -0.25) is 20.2 Å². The van der Waals surface area contributed by atoms with Gasteiger partial charge >= 0.3 is 0 Å². The van der Waals surface area contributed by atoms with Crippen molar-refractivity contribution in [1.29, 1.82) is 0 Å². The van der Waals surface area contributed by atoms with Gasteiger partial charge in [0.1, 0.15) is 11.6 Å². The van der Waals surface area contributed by atoms with Crippen molar-refractivity contribution < 1.29 is 14.3 Å². The van der Waals surface area contributed by atoms with Crippen LogP contribution >= 0.6 is 0 Å². The van der Waals surface area contributed by atoms with E-state index in [1.807, 2.05) is 13.0 Å². The fourth-order valence-corrected chi connectivity index (χ4v) is 2.49. The van der Waals surface area contributed by atoms with E-state index in [9.17, 15) is 9.59 Å². The highest BCUT2D eigenvalue weighted by Crippen LogP contribution is 2.14. The number of benzene rings is 2. The van der Waals surface area contributed by atoms with Gasteiger partial charge in [0.25, 0.3) is 11.8 Å². The monoisotopic (exact) mass is 377 g/mol. The zero-order valence-corrected chi connectivity index (χ0v) is 15.7. The molecule has 0 spiro atoms. The summed E-state index contributed by atoms with van der Waals surface area (Å²) in [6.07, 6.45) is 0. The molecule has 0 saturated heterocycles. The first-order valence-corrected chi connectivity index (χ1v) is 8.50. The summed E-state index contributed by atoms with van der Waals surface area (Å²) in [4.78, 5) is 37.1. The van der Waals surface area contributed by atoms with Gasteiger partial charge in [-0.05, 0) is 44.2 Å². The first-order chi connectivity index (χ1) is 13.4. The Morgan fingerprint density at radius 1 is 0.821 bits per heavy atom. The number of methoxy groups -OCH3 is 1. The number of hydrogen-bond acceptors (Lipinski definition) is 6. The number of ether oxygens (including phenoxy) is 1. The maximum Gasteiger partial charge on any atom is 0.258 e. The second kappa shape index (κ2) is 8.26. The van der Waals surface area contributed by atoms with Gasteiger partial charge in [-0.2, -0.15) is 15.0 Å². The molecule has 3 rings (SSSR count). The number of nitrogens with zero attached hydrogens (tertiary/aromatic N) is 3. The SMILES string of the molecule is COc1cccc(C(=O)Nc2nc(C)nc(NC(=O)c3cccc(C)c3)n2)c1. The summed E-state index contributed by atoms with van der Waals surface area (Å²) >= 11 is 0. The number of carbonyl (C=O) groups excluding carboxylic acids is 2. The standard InChI is InChI=1S/C20H19N5O3/c1-12-6-4-7-14(10-12)17(26)23-19-21-13(2)22-20(25-19)24-18(27)15-8-5-9-16(11-15)28-3/h4-11H,1-3H3,(H2,21,22,23,24,25,26,27). The number of amides is 2. The van der Waals surface area contributed by atoms with Gasteiger partial charge in [0.2, 0.25) is 11.9 Å². The van der Waals surface area contributed by atoms with Crippen molar-refractivity contribution >= 4 is 23.7 Å². The van der Waals surface area contributed by atoms with E-state index in [-0.39, 0.29) is 17.8 Å². The number of nitrogens with one attached hydrogen (secondary N) is 2. The predicted octanol–water partition coefficient (Wildman–Crippen LogP) is 3.00. The van der Waals surface area contributed by atoms with Crippen LogP contribution in [-0.4, -0.2) is 33.9 Å². The fraction of sp³-hybridized carbons (Fsp3) is 0.150. The molecule has 0 bridgehead atoms. The Labute approximate surface area is 162 Å². The second-order valence-electron chi connectivity index (χ2n) is 6.04. The fourth-order valence-electron chi connectivity index (χ4n) is 2.49.